The number of halogens is 2. The normalized spacial score (nSPS) is 23.1. The van der Waals surface area contributed by atoms with Crippen LogP contribution >= 0.6 is 12.4 Å². The minimum Gasteiger partial charge on any atom is -0.313 e. The molecule has 20 heavy (non-hydrogen) atoms. The molecule has 0 amide bonds. The molecule has 7 heteroatoms. The molecule has 1 heterocycles. The summed E-state index contributed by atoms with van der Waals surface area (Å²) in [7, 11) is -3.67. The molecule has 0 aliphatic carbocycles. The summed E-state index contributed by atoms with van der Waals surface area (Å²) in [4.78, 5) is -0.0113. The summed E-state index contributed by atoms with van der Waals surface area (Å²) in [5, 5.41) is 3.23. The van der Waals surface area contributed by atoms with Crippen molar-refractivity contribution >= 4 is 22.4 Å². The van der Waals surface area contributed by atoms with E-state index in [1.165, 1.54) is 12.1 Å². The average molecular weight is 323 g/mol. The molecule has 2 atom stereocenters. The standard InChI is InChI=1S/C13H19FN2O2S.ClH/c1-9-6-11(14)8-12(7-9)19(17,18)16-13-4-3-5-15-10(13)2;/h6-8,10,13,15-16H,3-5H2,1-2H3;1H. The molecule has 0 radical (unpaired) electrons. The number of rotatable bonds is 3. The van der Waals surface area contributed by atoms with E-state index in [2.05, 4.69) is 10.0 Å². The highest BCUT2D eigenvalue weighted by atomic mass is 35.5. The van der Waals surface area contributed by atoms with Gasteiger partial charge in [0.05, 0.1) is 4.90 Å². The molecule has 1 saturated heterocycles. The first-order valence-electron chi connectivity index (χ1n) is 6.41. The van der Waals surface area contributed by atoms with Crippen LogP contribution in [0, 0.1) is 12.7 Å². The van der Waals surface area contributed by atoms with E-state index in [-0.39, 0.29) is 29.4 Å². The van der Waals surface area contributed by atoms with Crippen molar-refractivity contribution in [3.05, 3.63) is 29.6 Å². The van der Waals surface area contributed by atoms with E-state index in [1.54, 1.807) is 6.92 Å². The molecule has 0 bridgehead atoms. The van der Waals surface area contributed by atoms with Gasteiger partial charge in [0, 0.05) is 12.1 Å². The van der Waals surface area contributed by atoms with Crippen LogP contribution < -0.4 is 10.0 Å². The second-order valence-electron chi connectivity index (χ2n) is 5.08. The number of sulfonamides is 1. The maximum atomic E-state index is 13.3. The van der Waals surface area contributed by atoms with Gasteiger partial charge in [0.25, 0.3) is 0 Å². The van der Waals surface area contributed by atoms with Gasteiger partial charge in [0.2, 0.25) is 10.0 Å². The van der Waals surface area contributed by atoms with Gasteiger partial charge in [0.15, 0.2) is 0 Å². The summed E-state index contributed by atoms with van der Waals surface area (Å²) in [6, 6.07) is 3.77. The van der Waals surface area contributed by atoms with Crippen molar-refractivity contribution < 1.29 is 12.8 Å². The van der Waals surface area contributed by atoms with Crippen molar-refractivity contribution in [2.24, 2.45) is 0 Å². The number of aryl methyl sites for hydroxylation is 1. The third kappa shape index (κ3) is 4.15. The predicted molar refractivity (Wildman–Crippen MR) is 79.2 cm³/mol. The van der Waals surface area contributed by atoms with E-state index in [1.807, 2.05) is 6.92 Å². The maximum absolute atomic E-state index is 13.3. The van der Waals surface area contributed by atoms with Gasteiger partial charge < -0.3 is 5.32 Å². The molecular weight excluding hydrogens is 303 g/mol. The Labute approximate surface area is 125 Å². The number of hydrogen-bond donors (Lipinski definition) is 2. The third-order valence-corrected chi connectivity index (χ3v) is 4.86. The second kappa shape index (κ2) is 6.85. The van der Waals surface area contributed by atoms with Gasteiger partial charge in [-0.25, -0.2) is 17.5 Å². The number of benzene rings is 1. The summed E-state index contributed by atoms with van der Waals surface area (Å²) >= 11 is 0. The van der Waals surface area contributed by atoms with E-state index in [0.717, 1.165) is 25.5 Å². The molecular formula is C13H20ClFN2O2S. The minimum absolute atomic E-state index is 0. The van der Waals surface area contributed by atoms with Crippen LogP contribution in [-0.4, -0.2) is 27.0 Å². The quantitative estimate of drug-likeness (QED) is 0.894. The minimum atomic E-state index is -3.67. The van der Waals surface area contributed by atoms with Gasteiger partial charge in [-0.2, -0.15) is 0 Å². The van der Waals surface area contributed by atoms with Gasteiger partial charge in [-0.1, -0.05) is 0 Å². The molecule has 1 aromatic rings. The van der Waals surface area contributed by atoms with Crippen LogP contribution in [0.3, 0.4) is 0 Å². The molecule has 1 fully saturated rings. The molecule has 0 aromatic heterocycles. The van der Waals surface area contributed by atoms with E-state index < -0.39 is 15.8 Å². The third-order valence-electron chi connectivity index (χ3n) is 3.39. The lowest BCUT2D eigenvalue weighted by Crippen LogP contribution is -2.51. The summed E-state index contributed by atoms with van der Waals surface area (Å²) in [6.45, 7) is 4.52. The highest BCUT2D eigenvalue weighted by Crippen LogP contribution is 2.17. The molecule has 2 rings (SSSR count). The van der Waals surface area contributed by atoms with Gasteiger partial charge in [-0.05, 0) is 57.0 Å². The average Bonchev–Trinajstić information content (AvgIpc) is 2.31. The predicted octanol–water partition coefficient (Wildman–Crippen LogP) is 1.97. The van der Waals surface area contributed by atoms with E-state index in [0.29, 0.717) is 5.56 Å². The highest BCUT2D eigenvalue weighted by molar-refractivity contribution is 7.89. The van der Waals surface area contributed by atoms with Crippen molar-refractivity contribution in [3.8, 4) is 0 Å². The number of piperidine rings is 1. The van der Waals surface area contributed by atoms with Crippen LogP contribution in [0.5, 0.6) is 0 Å². The van der Waals surface area contributed by atoms with Crippen LogP contribution in [0.2, 0.25) is 0 Å². The fourth-order valence-electron chi connectivity index (χ4n) is 2.33. The summed E-state index contributed by atoms with van der Waals surface area (Å²) in [5.41, 5.74) is 0.593. The highest BCUT2D eigenvalue weighted by Gasteiger charge is 2.26. The lowest BCUT2D eigenvalue weighted by atomic mass is 10.0. The van der Waals surface area contributed by atoms with Gasteiger partial charge in [-0.15, -0.1) is 12.4 Å². The fourth-order valence-corrected chi connectivity index (χ4v) is 3.80. The van der Waals surface area contributed by atoms with Crippen molar-refractivity contribution in [2.75, 3.05) is 6.54 Å². The first kappa shape index (κ1) is 17.4. The molecule has 1 aromatic carbocycles. The lowest BCUT2D eigenvalue weighted by Gasteiger charge is -2.30. The lowest BCUT2D eigenvalue weighted by molar-refractivity contribution is 0.348. The fraction of sp³-hybridized carbons (Fsp3) is 0.538. The number of nitrogens with one attached hydrogen (secondary N) is 2. The second-order valence-corrected chi connectivity index (χ2v) is 6.79. The molecule has 2 N–H and O–H groups in total. The summed E-state index contributed by atoms with van der Waals surface area (Å²) < 4.78 is 40.5. The zero-order chi connectivity index (χ0) is 14.0. The largest absolute Gasteiger partial charge is 0.313 e. The first-order valence-corrected chi connectivity index (χ1v) is 7.90. The Bertz CT molecular complexity index is 545. The van der Waals surface area contributed by atoms with Crippen molar-refractivity contribution in [1.82, 2.24) is 10.0 Å². The van der Waals surface area contributed by atoms with Crippen LogP contribution in [-0.2, 0) is 10.0 Å². The molecule has 1 aliphatic rings. The Morgan fingerprint density at radius 2 is 2.05 bits per heavy atom. The monoisotopic (exact) mass is 322 g/mol. The molecule has 1 aliphatic heterocycles. The Kier molecular flexibility index (Phi) is 5.94. The Hall–Kier alpha value is -0.690. The van der Waals surface area contributed by atoms with Crippen LogP contribution in [0.15, 0.2) is 23.1 Å². The molecule has 2 unspecified atom stereocenters. The van der Waals surface area contributed by atoms with E-state index >= 15 is 0 Å². The maximum Gasteiger partial charge on any atom is 0.240 e. The zero-order valence-corrected chi connectivity index (χ0v) is 13.2. The van der Waals surface area contributed by atoms with E-state index in [4.69, 9.17) is 0 Å². The molecule has 114 valence electrons. The SMILES string of the molecule is Cc1cc(F)cc(S(=O)(=O)NC2CCCNC2C)c1.Cl. The van der Waals surface area contributed by atoms with Crippen LogP contribution in [0.4, 0.5) is 4.39 Å². The Morgan fingerprint density at radius 3 is 2.65 bits per heavy atom. The molecule has 4 nitrogen and oxygen atoms in total. The van der Waals surface area contributed by atoms with Gasteiger partial charge in [-0.3, -0.25) is 0 Å². The van der Waals surface area contributed by atoms with Crippen molar-refractivity contribution in [1.29, 1.82) is 0 Å². The van der Waals surface area contributed by atoms with E-state index in [9.17, 15) is 12.8 Å². The first-order chi connectivity index (χ1) is 8.88. The topological polar surface area (TPSA) is 58.2 Å². The van der Waals surface area contributed by atoms with Crippen LogP contribution in [0.25, 0.3) is 0 Å². The molecule has 0 spiro atoms. The van der Waals surface area contributed by atoms with Gasteiger partial charge >= 0.3 is 0 Å². The van der Waals surface area contributed by atoms with Crippen molar-refractivity contribution in [2.45, 2.75) is 43.7 Å². The van der Waals surface area contributed by atoms with Crippen molar-refractivity contribution in [3.63, 3.8) is 0 Å². The van der Waals surface area contributed by atoms with Crippen LogP contribution in [0.1, 0.15) is 25.3 Å². The summed E-state index contributed by atoms with van der Waals surface area (Å²) in [5.74, 6) is -0.532. The number of hydrogen-bond acceptors (Lipinski definition) is 3. The Balaban J connectivity index is 0.00000200. The molecule has 0 saturated carbocycles. The smallest absolute Gasteiger partial charge is 0.240 e. The summed E-state index contributed by atoms with van der Waals surface area (Å²) in [6.07, 6.45) is 1.72. The zero-order valence-electron chi connectivity index (χ0n) is 11.5. The van der Waals surface area contributed by atoms with Gasteiger partial charge in [0.1, 0.15) is 5.82 Å². The Morgan fingerprint density at radius 1 is 1.35 bits per heavy atom.